The number of ether oxygens (including phenoxy) is 2. The van der Waals surface area contributed by atoms with Gasteiger partial charge in [0.25, 0.3) is 0 Å². The van der Waals surface area contributed by atoms with Gasteiger partial charge in [0.05, 0.1) is 19.3 Å². The van der Waals surface area contributed by atoms with E-state index in [-0.39, 0.29) is 5.92 Å². The summed E-state index contributed by atoms with van der Waals surface area (Å²) in [6, 6.07) is 3.76. The summed E-state index contributed by atoms with van der Waals surface area (Å²) in [5.74, 6) is 1.61. The fraction of sp³-hybridized carbons (Fsp3) is 0.625. The number of benzene rings is 1. The Kier molecular flexibility index (Phi) is 7.38. The summed E-state index contributed by atoms with van der Waals surface area (Å²) in [5, 5.41) is 10.5. The maximum atomic E-state index is 10.5. The van der Waals surface area contributed by atoms with Crippen LogP contribution in [-0.4, -0.2) is 18.3 Å². The zero-order valence-electron chi connectivity index (χ0n) is 12.8. The van der Waals surface area contributed by atoms with Crippen molar-refractivity contribution in [1.29, 1.82) is 0 Å². The van der Waals surface area contributed by atoms with Crippen molar-refractivity contribution in [3.63, 3.8) is 0 Å². The van der Waals surface area contributed by atoms with E-state index in [2.05, 4.69) is 29.8 Å². The van der Waals surface area contributed by atoms with Crippen LogP contribution in [0.4, 0.5) is 0 Å². The van der Waals surface area contributed by atoms with Crippen molar-refractivity contribution >= 4 is 15.9 Å². The zero-order valence-corrected chi connectivity index (χ0v) is 14.4. The molecule has 0 aliphatic carbocycles. The van der Waals surface area contributed by atoms with Crippen LogP contribution in [0.3, 0.4) is 0 Å². The molecule has 0 aliphatic heterocycles. The Morgan fingerprint density at radius 3 is 2.15 bits per heavy atom. The molecule has 2 atom stereocenters. The maximum Gasteiger partial charge on any atom is 0.162 e. The number of halogens is 1. The number of hydrogen-bond donors (Lipinski definition) is 1. The first kappa shape index (κ1) is 17.3. The molecule has 0 aliphatic rings. The molecule has 4 heteroatoms. The van der Waals surface area contributed by atoms with E-state index in [1.807, 2.05) is 26.0 Å². The molecule has 0 spiro atoms. The van der Waals surface area contributed by atoms with Gasteiger partial charge in [0.15, 0.2) is 11.5 Å². The van der Waals surface area contributed by atoms with E-state index in [0.29, 0.717) is 24.7 Å². The first-order chi connectivity index (χ1) is 9.54. The molecule has 0 heterocycles. The van der Waals surface area contributed by atoms with Crippen LogP contribution in [0.1, 0.15) is 52.2 Å². The lowest BCUT2D eigenvalue weighted by molar-refractivity contribution is 0.111. The van der Waals surface area contributed by atoms with E-state index in [9.17, 15) is 5.11 Å². The van der Waals surface area contributed by atoms with Crippen LogP contribution >= 0.6 is 15.9 Å². The van der Waals surface area contributed by atoms with Crippen molar-refractivity contribution in [1.82, 2.24) is 0 Å². The molecule has 0 aromatic heterocycles. The van der Waals surface area contributed by atoms with Crippen LogP contribution in [-0.2, 0) is 0 Å². The fourth-order valence-electron chi connectivity index (χ4n) is 2.23. The Hall–Kier alpha value is -0.740. The molecule has 0 radical (unpaired) electrons. The molecule has 3 nitrogen and oxygen atoms in total. The van der Waals surface area contributed by atoms with Crippen LogP contribution < -0.4 is 9.47 Å². The Bertz CT molecular complexity index is 420. The lowest BCUT2D eigenvalue weighted by Gasteiger charge is -2.22. The molecule has 0 fully saturated rings. The van der Waals surface area contributed by atoms with Gasteiger partial charge >= 0.3 is 0 Å². The van der Waals surface area contributed by atoms with Gasteiger partial charge in [-0.1, -0.05) is 36.2 Å². The molecule has 0 saturated heterocycles. The van der Waals surface area contributed by atoms with E-state index >= 15 is 0 Å². The standard InChI is InChI=1S/C16H25BrO3/c1-5-8-11(4)16(18)12-9-14(19-6-2)15(20-7-3)10-13(12)17/h9-11,16,18H,5-8H2,1-4H3. The van der Waals surface area contributed by atoms with Crippen LogP contribution in [0.25, 0.3) is 0 Å². The normalized spacial score (nSPS) is 13.9. The highest BCUT2D eigenvalue weighted by atomic mass is 79.9. The molecule has 20 heavy (non-hydrogen) atoms. The first-order valence-corrected chi connectivity index (χ1v) is 8.11. The summed E-state index contributed by atoms with van der Waals surface area (Å²) in [5.41, 5.74) is 0.859. The third kappa shape index (κ3) is 4.38. The summed E-state index contributed by atoms with van der Waals surface area (Å²) in [6.07, 6.45) is 1.55. The van der Waals surface area contributed by atoms with Gasteiger partial charge < -0.3 is 14.6 Å². The van der Waals surface area contributed by atoms with E-state index in [1.165, 1.54) is 0 Å². The number of rotatable bonds is 8. The zero-order chi connectivity index (χ0) is 15.1. The Labute approximate surface area is 130 Å². The highest BCUT2D eigenvalue weighted by Gasteiger charge is 2.21. The van der Waals surface area contributed by atoms with Gasteiger partial charge in [-0.05, 0) is 43.9 Å². The van der Waals surface area contributed by atoms with Gasteiger partial charge in [0.2, 0.25) is 0 Å². The molecule has 114 valence electrons. The van der Waals surface area contributed by atoms with Crippen LogP contribution in [0.15, 0.2) is 16.6 Å². The van der Waals surface area contributed by atoms with Crippen molar-refractivity contribution in [3.05, 3.63) is 22.2 Å². The second kappa shape index (κ2) is 8.53. The lowest BCUT2D eigenvalue weighted by atomic mass is 9.93. The molecule has 0 amide bonds. The lowest BCUT2D eigenvalue weighted by Crippen LogP contribution is -2.10. The van der Waals surface area contributed by atoms with Crippen molar-refractivity contribution in [2.75, 3.05) is 13.2 Å². The SMILES string of the molecule is CCCC(C)C(O)c1cc(OCC)c(OCC)cc1Br. The number of aliphatic hydroxyl groups is 1. The number of aliphatic hydroxyl groups excluding tert-OH is 1. The van der Waals surface area contributed by atoms with Gasteiger partial charge in [-0.15, -0.1) is 0 Å². The molecule has 2 unspecified atom stereocenters. The highest BCUT2D eigenvalue weighted by Crippen LogP contribution is 2.39. The fourth-order valence-corrected chi connectivity index (χ4v) is 2.79. The third-order valence-electron chi connectivity index (χ3n) is 3.26. The predicted octanol–water partition coefficient (Wildman–Crippen LogP) is 4.72. The Balaban J connectivity index is 3.10. The Morgan fingerprint density at radius 1 is 1.10 bits per heavy atom. The molecular formula is C16H25BrO3. The highest BCUT2D eigenvalue weighted by molar-refractivity contribution is 9.10. The molecule has 1 aromatic rings. The molecule has 1 N–H and O–H groups in total. The van der Waals surface area contributed by atoms with E-state index < -0.39 is 6.10 Å². The quantitative estimate of drug-likeness (QED) is 0.741. The van der Waals surface area contributed by atoms with Crippen molar-refractivity contribution < 1.29 is 14.6 Å². The average Bonchev–Trinajstić information content (AvgIpc) is 2.41. The summed E-state index contributed by atoms with van der Waals surface area (Å²) in [4.78, 5) is 0. The van der Waals surface area contributed by atoms with Crippen molar-refractivity contribution in [3.8, 4) is 11.5 Å². The van der Waals surface area contributed by atoms with Gasteiger partial charge in [-0.2, -0.15) is 0 Å². The van der Waals surface area contributed by atoms with Gasteiger partial charge in [-0.25, -0.2) is 0 Å². The molecule has 0 bridgehead atoms. The van der Waals surface area contributed by atoms with Crippen LogP contribution in [0.5, 0.6) is 11.5 Å². The number of hydrogen-bond acceptors (Lipinski definition) is 3. The Morgan fingerprint density at radius 2 is 1.65 bits per heavy atom. The predicted molar refractivity (Wildman–Crippen MR) is 85.5 cm³/mol. The second-order valence-corrected chi connectivity index (χ2v) is 5.75. The van der Waals surface area contributed by atoms with Crippen molar-refractivity contribution in [2.24, 2.45) is 5.92 Å². The van der Waals surface area contributed by atoms with Gasteiger partial charge in [-0.3, -0.25) is 0 Å². The monoisotopic (exact) mass is 344 g/mol. The largest absolute Gasteiger partial charge is 0.490 e. The molecule has 0 saturated carbocycles. The topological polar surface area (TPSA) is 38.7 Å². The summed E-state index contributed by atoms with van der Waals surface area (Å²) < 4.78 is 12.1. The minimum absolute atomic E-state index is 0.212. The minimum atomic E-state index is -0.501. The summed E-state index contributed by atoms with van der Waals surface area (Å²) >= 11 is 3.53. The smallest absolute Gasteiger partial charge is 0.162 e. The van der Waals surface area contributed by atoms with Crippen LogP contribution in [0, 0.1) is 5.92 Å². The first-order valence-electron chi connectivity index (χ1n) is 7.32. The van der Waals surface area contributed by atoms with E-state index in [4.69, 9.17) is 9.47 Å². The summed E-state index contributed by atoms with van der Waals surface area (Å²) in [6.45, 7) is 9.23. The summed E-state index contributed by atoms with van der Waals surface area (Å²) in [7, 11) is 0. The van der Waals surface area contributed by atoms with Crippen molar-refractivity contribution in [2.45, 2.75) is 46.6 Å². The van der Waals surface area contributed by atoms with E-state index in [0.717, 1.165) is 22.9 Å². The van der Waals surface area contributed by atoms with Gasteiger partial charge in [0, 0.05) is 4.47 Å². The van der Waals surface area contributed by atoms with E-state index in [1.54, 1.807) is 0 Å². The average molecular weight is 345 g/mol. The second-order valence-electron chi connectivity index (χ2n) is 4.90. The molecule has 1 aromatic carbocycles. The minimum Gasteiger partial charge on any atom is -0.490 e. The van der Waals surface area contributed by atoms with Crippen LogP contribution in [0.2, 0.25) is 0 Å². The molecule has 1 rings (SSSR count). The van der Waals surface area contributed by atoms with Gasteiger partial charge in [0.1, 0.15) is 0 Å². The third-order valence-corrected chi connectivity index (χ3v) is 3.95. The maximum absolute atomic E-state index is 10.5. The molecular weight excluding hydrogens is 320 g/mol.